The second-order valence-corrected chi connectivity index (χ2v) is 4.53. The van der Waals surface area contributed by atoms with E-state index in [1.807, 2.05) is 35.0 Å². The molecule has 1 N–H and O–H groups in total. The van der Waals surface area contributed by atoms with E-state index in [2.05, 4.69) is 18.9 Å². The molecule has 0 aliphatic heterocycles. The van der Waals surface area contributed by atoms with Crippen molar-refractivity contribution in [3.8, 4) is 11.3 Å². The van der Waals surface area contributed by atoms with E-state index in [1.54, 1.807) is 6.20 Å². The van der Waals surface area contributed by atoms with Crippen molar-refractivity contribution in [2.24, 2.45) is 0 Å². The summed E-state index contributed by atoms with van der Waals surface area (Å²) in [6.45, 7) is 4.13. The number of aromatic nitrogens is 2. The van der Waals surface area contributed by atoms with Gasteiger partial charge in [-0.15, -0.1) is 0 Å². The Bertz CT molecular complexity index is 558. The van der Waals surface area contributed by atoms with Crippen LogP contribution in [0.15, 0.2) is 36.5 Å². The highest BCUT2D eigenvalue weighted by molar-refractivity contribution is 5.71. The molecular weight excluding hydrogens is 228 g/mol. The molecule has 0 saturated carbocycles. The average molecular weight is 244 g/mol. The summed E-state index contributed by atoms with van der Waals surface area (Å²) in [5.74, 6) is -0.815. The largest absolute Gasteiger partial charge is 0.481 e. The zero-order valence-electron chi connectivity index (χ0n) is 10.5. The highest BCUT2D eigenvalue weighted by Gasteiger charge is 2.09. The van der Waals surface area contributed by atoms with Gasteiger partial charge < -0.3 is 5.11 Å². The van der Waals surface area contributed by atoms with Crippen LogP contribution >= 0.6 is 0 Å². The first-order valence-corrected chi connectivity index (χ1v) is 5.92. The van der Waals surface area contributed by atoms with Crippen LogP contribution in [-0.2, 0) is 11.2 Å². The lowest BCUT2D eigenvalue weighted by Gasteiger charge is -2.11. The van der Waals surface area contributed by atoms with Gasteiger partial charge in [0.1, 0.15) is 0 Å². The number of carbonyl (C=O) groups is 1. The van der Waals surface area contributed by atoms with Gasteiger partial charge in [0.15, 0.2) is 0 Å². The SMILES string of the molecule is CC(C)n1nccc1-c1cccc(CC(=O)O)c1. The third-order valence-electron chi connectivity index (χ3n) is 2.74. The summed E-state index contributed by atoms with van der Waals surface area (Å²) in [6, 6.07) is 9.81. The number of aliphatic carboxylic acids is 1. The second-order valence-electron chi connectivity index (χ2n) is 4.53. The molecule has 1 heterocycles. The molecule has 4 heteroatoms. The molecule has 0 bridgehead atoms. The highest BCUT2D eigenvalue weighted by atomic mass is 16.4. The molecule has 1 aromatic heterocycles. The van der Waals surface area contributed by atoms with Crippen molar-refractivity contribution in [2.45, 2.75) is 26.3 Å². The Morgan fingerprint density at radius 2 is 2.17 bits per heavy atom. The molecule has 0 radical (unpaired) electrons. The van der Waals surface area contributed by atoms with Crippen molar-refractivity contribution in [2.75, 3.05) is 0 Å². The van der Waals surface area contributed by atoms with Gasteiger partial charge in [0.25, 0.3) is 0 Å². The molecule has 0 unspecified atom stereocenters. The maximum absolute atomic E-state index is 10.7. The van der Waals surface area contributed by atoms with Crippen LogP contribution in [-0.4, -0.2) is 20.9 Å². The first-order chi connectivity index (χ1) is 8.58. The first kappa shape index (κ1) is 12.4. The molecule has 0 amide bonds. The second kappa shape index (κ2) is 5.04. The number of hydrogen-bond donors (Lipinski definition) is 1. The maximum atomic E-state index is 10.7. The third-order valence-corrected chi connectivity index (χ3v) is 2.74. The van der Waals surface area contributed by atoms with E-state index in [1.165, 1.54) is 0 Å². The summed E-state index contributed by atoms with van der Waals surface area (Å²) in [6.07, 6.45) is 1.81. The van der Waals surface area contributed by atoms with Crippen LogP contribution < -0.4 is 0 Å². The summed E-state index contributed by atoms with van der Waals surface area (Å²) < 4.78 is 1.93. The van der Waals surface area contributed by atoms with Crippen molar-refractivity contribution in [3.63, 3.8) is 0 Å². The third kappa shape index (κ3) is 2.59. The first-order valence-electron chi connectivity index (χ1n) is 5.92. The van der Waals surface area contributed by atoms with Crippen LogP contribution in [0, 0.1) is 0 Å². The zero-order valence-corrected chi connectivity index (χ0v) is 10.5. The van der Waals surface area contributed by atoms with E-state index >= 15 is 0 Å². The molecule has 0 aliphatic carbocycles. The van der Waals surface area contributed by atoms with Gasteiger partial charge in [-0.05, 0) is 31.5 Å². The minimum absolute atomic E-state index is 0.0453. The number of hydrogen-bond acceptors (Lipinski definition) is 2. The smallest absolute Gasteiger partial charge is 0.307 e. The fourth-order valence-electron chi connectivity index (χ4n) is 1.97. The Morgan fingerprint density at radius 3 is 2.83 bits per heavy atom. The minimum Gasteiger partial charge on any atom is -0.481 e. The van der Waals surface area contributed by atoms with Gasteiger partial charge >= 0.3 is 5.97 Å². The average Bonchev–Trinajstić information content (AvgIpc) is 2.77. The highest BCUT2D eigenvalue weighted by Crippen LogP contribution is 2.23. The summed E-state index contributed by atoms with van der Waals surface area (Å²) in [5, 5.41) is 13.1. The van der Waals surface area contributed by atoms with Crippen LogP contribution in [0.5, 0.6) is 0 Å². The summed E-state index contributed by atoms with van der Waals surface area (Å²) in [7, 11) is 0. The van der Waals surface area contributed by atoms with Gasteiger partial charge in [0, 0.05) is 17.8 Å². The van der Waals surface area contributed by atoms with E-state index < -0.39 is 5.97 Å². The Balaban J connectivity index is 2.38. The molecule has 2 rings (SSSR count). The van der Waals surface area contributed by atoms with Gasteiger partial charge in [-0.2, -0.15) is 5.10 Å². The normalized spacial score (nSPS) is 10.8. The molecule has 0 fully saturated rings. The van der Waals surface area contributed by atoms with Crippen molar-refractivity contribution in [3.05, 3.63) is 42.1 Å². The Morgan fingerprint density at radius 1 is 1.39 bits per heavy atom. The molecule has 2 aromatic rings. The van der Waals surface area contributed by atoms with Crippen LogP contribution in [0.1, 0.15) is 25.5 Å². The van der Waals surface area contributed by atoms with Gasteiger partial charge in [0.2, 0.25) is 0 Å². The van der Waals surface area contributed by atoms with Crippen molar-refractivity contribution in [1.82, 2.24) is 9.78 Å². The predicted octanol–water partition coefficient (Wildman–Crippen LogP) is 2.76. The van der Waals surface area contributed by atoms with E-state index in [-0.39, 0.29) is 12.5 Å². The van der Waals surface area contributed by atoms with E-state index in [9.17, 15) is 4.79 Å². The molecule has 94 valence electrons. The van der Waals surface area contributed by atoms with Crippen molar-refractivity contribution < 1.29 is 9.90 Å². The fourth-order valence-corrected chi connectivity index (χ4v) is 1.97. The lowest BCUT2D eigenvalue weighted by Crippen LogP contribution is -2.05. The standard InChI is InChI=1S/C14H16N2O2/c1-10(2)16-13(6-7-15-16)12-5-3-4-11(8-12)9-14(17)18/h3-8,10H,9H2,1-2H3,(H,17,18). The van der Waals surface area contributed by atoms with Crippen LogP contribution in [0.25, 0.3) is 11.3 Å². The zero-order chi connectivity index (χ0) is 13.1. The Labute approximate surface area is 106 Å². The maximum Gasteiger partial charge on any atom is 0.307 e. The number of carboxylic acid groups (broad SMARTS) is 1. The van der Waals surface area contributed by atoms with Gasteiger partial charge in [-0.25, -0.2) is 0 Å². The van der Waals surface area contributed by atoms with E-state index in [0.29, 0.717) is 0 Å². The molecule has 1 aromatic carbocycles. The molecule has 4 nitrogen and oxygen atoms in total. The Kier molecular flexibility index (Phi) is 3.46. The fraction of sp³-hybridized carbons (Fsp3) is 0.286. The molecular formula is C14H16N2O2. The predicted molar refractivity (Wildman–Crippen MR) is 69.4 cm³/mol. The monoisotopic (exact) mass is 244 g/mol. The van der Waals surface area contributed by atoms with Crippen LogP contribution in [0.3, 0.4) is 0 Å². The van der Waals surface area contributed by atoms with Gasteiger partial charge in [-0.1, -0.05) is 18.2 Å². The van der Waals surface area contributed by atoms with Crippen molar-refractivity contribution >= 4 is 5.97 Å². The number of rotatable bonds is 4. The Hall–Kier alpha value is -2.10. The van der Waals surface area contributed by atoms with Crippen molar-refractivity contribution in [1.29, 1.82) is 0 Å². The molecule has 18 heavy (non-hydrogen) atoms. The topological polar surface area (TPSA) is 55.1 Å². The lowest BCUT2D eigenvalue weighted by atomic mass is 10.1. The lowest BCUT2D eigenvalue weighted by molar-refractivity contribution is -0.136. The van der Waals surface area contributed by atoms with Gasteiger partial charge in [-0.3, -0.25) is 9.48 Å². The minimum atomic E-state index is -0.815. The van der Waals surface area contributed by atoms with Crippen LogP contribution in [0.2, 0.25) is 0 Å². The molecule has 0 atom stereocenters. The molecule has 0 aliphatic rings. The molecule has 0 spiro atoms. The summed E-state index contributed by atoms with van der Waals surface area (Å²) >= 11 is 0. The quantitative estimate of drug-likeness (QED) is 0.899. The van der Waals surface area contributed by atoms with E-state index in [0.717, 1.165) is 16.8 Å². The van der Waals surface area contributed by atoms with Crippen LogP contribution in [0.4, 0.5) is 0 Å². The number of nitrogens with zero attached hydrogens (tertiary/aromatic N) is 2. The van der Waals surface area contributed by atoms with E-state index in [4.69, 9.17) is 5.11 Å². The summed E-state index contributed by atoms with van der Waals surface area (Å²) in [4.78, 5) is 10.7. The summed E-state index contributed by atoms with van der Waals surface area (Å²) in [5.41, 5.74) is 2.81. The molecule has 0 saturated heterocycles. The number of carboxylic acids is 1. The van der Waals surface area contributed by atoms with Gasteiger partial charge in [0.05, 0.1) is 12.1 Å². The number of benzene rings is 1.